The summed E-state index contributed by atoms with van der Waals surface area (Å²) in [5.74, 6) is 0. The van der Waals surface area contributed by atoms with Crippen LogP contribution in [0.25, 0.3) is 0 Å². The van der Waals surface area contributed by atoms with E-state index in [1.165, 1.54) is 5.56 Å². The lowest BCUT2D eigenvalue weighted by Gasteiger charge is -2.32. The van der Waals surface area contributed by atoms with Gasteiger partial charge in [0.2, 0.25) is 0 Å². The van der Waals surface area contributed by atoms with E-state index in [0.29, 0.717) is 12.6 Å². The number of nitrogens with one attached hydrogen (secondary N) is 2. The molecule has 1 saturated heterocycles. The van der Waals surface area contributed by atoms with E-state index >= 15 is 0 Å². The maximum absolute atomic E-state index is 12.0. The molecular weight excluding hydrogens is 316 g/mol. The molecule has 2 aromatic rings. The minimum Gasteiger partial charge on any atom is -0.379 e. The number of carbonyl (C=O) groups is 1. The Kier molecular flexibility index (Phi) is 5.98. The Morgan fingerprint density at radius 3 is 2.52 bits per heavy atom. The van der Waals surface area contributed by atoms with Gasteiger partial charge in [-0.05, 0) is 42.3 Å². The van der Waals surface area contributed by atoms with Crippen LogP contribution in [0.3, 0.4) is 0 Å². The van der Waals surface area contributed by atoms with Gasteiger partial charge in [0, 0.05) is 43.8 Å². The molecule has 2 amide bonds. The molecule has 6 heteroatoms. The average molecular weight is 340 g/mol. The highest BCUT2D eigenvalue weighted by Gasteiger charge is 2.18. The normalized spacial score (nSPS) is 16.2. The third-order valence-corrected chi connectivity index (χ3v) is 4.45. The lowest BCUT2D eigenvalue weighted by Crippen LogP contribution is -2.38. The highest BCUT2D eigenvalue weighted by molar-refractivity contribution is 5.89. The van der Waals surface area contributed by atoms with Crippen molar-refractivity contribution in [2.24, 2.45) is 0 Å². The number of nitrogens with zero attached hydrogens (tertiary/aromatic N) is 2. The van der Waals surface area contributed by atoms with Gasteiger partial charge in [0.1, 0.15) is 0 Å². The van der Waals surface area contributed by atoms with E-state index < -0.39 is 0 Å². The number of benzene rings is 1. The largest absolute Gasteiger partial charge is 0.379 e. The van der Waals surface area contributed by atoms with Crippen molar-refractivity contribution in [2.75, 3.05) is 31.6 Å². The number of hydrogen-bond donors (Lipinski definition) is 2. The predicted molar refractivity (Wildman–Crippen MR) is 97.3 cm³/mol. The van der Waals surface area contributed by atoms with Crippen molar-refractivity contribution in [2.45, 2.75) is 19.5 Å². The third kappa shape index (κ3) is 5.01. The maximum atomic E-state index is 12.0. The third-order valence-electron chi connectivity index (χ3n) is 4.45. The predicted octanol–water partition coefficient (Wildman–Crippen LogP) is 2.80. The van der Waals surface area contributed by atoms with Crippen LogP contribution in [0.4, 0.5) is 10.5 Å². The molecule has 2 heterocycles. The lowest BCUT2D eigenvalue weighted by molar-refractivity contribution is 0.0198. The van der Waals surface area contributed by atoms with Crippen LogP contribution >= 0.6 is 0 Å². The first-order valence-electron chi connectivity index (χ1n) is 8.58. The van der Waals surface area contributed by atoms with E-state index in [0.717, 1.165) is 37.6 Å². The molecule has 1 aliphatic heterocycles. The van der Waals surface area contributed by atoms with Crippen LogP contribution in [0.2, 0.25) is 0 Å². The molecule has 0 aliphatic carbocycles. The number of aromatic nitrogens is 1. The second-order valence-corrected chi connectivity index (χ2v) is 6.11. The molecule has 1 aromatic carbocycles. The number of ether oxygens (including phenoxy) is 1. The zero-order valence-corrected chi connectivity index (χ0v) is 14.4. The highest BCUT2D eigenvalue weighted by atomic mass is 16.5. The van der Waals surface area contributed by atoms with Gasteiger partial charge in [0.05, 0.1) is 13.2 Å². The number of pyridine rings is 1. The summed E-state index contributed by atoms with van der Waals surface area (Å²) in [6.45, 7) is 6.18. The van der Waals surface area contributed by atoms with Crippen LogP contribution in [0.5, 0.6) is 0 Å². The zero-order chi connectivity index (χ0) is 17.5. The quantitative estimate of drug-likeness (QED) is 0.878. The maximum Gasteiger partial charge on any atom is 0.319 e. The van der Waals surface area contributed by atoms with Gasteiger partial charge in [-0.2, -0.15) is 0 Å². The highest BCUT2D eigenvalue weighted by Crippen LogP contribution is 2.22. The van der Waals surface area contributed by atoms with Gasteiger partial charge in [-0.3, -0.25) is 9.88 Å². The summed E-state index contributed by atoms with van der Waals surface area (Å²) in [6.07, 6.45) is 3.42. The molecule has 2 N–H and O–H groups in total. The molecule has 1 aromatic heterocycles. The molecule has 1 atom stereocenters. The van der Waals surface area contributed by atoms with E-state index in [1.54, 1.807) is 12.4 Å². The Bertz CT molecular complexity index is 670. The zero-order valence-electron chi connectivity index (χ0n) is 14.4. The minimum absolute atomic E-state index is 0.217. The van der Waals surface area contributed by atoms with Gasteiger partial charge < -0.3 is 15.4 Å². The number of urea groups is 1. The smallest absolute Gasteiger partial charge is 0.319 e. The molecule has 25 heavy (non-hydrogen) atoms. The van der Waals surface area contributed by atoms with Gasteiger partial charge >= 0.3 is 6.03 Å². The summed E-state index contributed by atoms with van der Waals surface area (Å²) in [5, 5.41) is 5.70. The molecule has 0 bridgehead atoms. The fourth-order valence-electron chi connectivity index (χ4n) is 2.88. The SMILES string of the molecule is C[C@@H](c1ccc(NC(=O)NCc2ccncc2)cc1)N1CCOCC1. The second-order valence-electron chi connectivity index (χ2n) is 6.11. The fourth-order valence-corrected chi connectivity index (χ4v) is 2.88. The minimum atomic E-state index is -0.217. The van der Waals surface area contributed by atoms with Crippen LogP contribution in [0.15, 0.2) is 48.8 Å². The summed E-state index contributed by atoms with van der Waals surface area (Å²) in [7, 11) is 0. The first kappa shape index (κ1) is 17.4. The molecule has 132 valence electrons. The van der Waals surface area contributed by atoms with Crippen LogP contribution in [0.1, 0.15) is 24.1 Å². The van der Waals surface area contributed by atoms with Crippen LogP contribution in [-0.4, -0.2) is 42.2 Å². The number of carbonyl (C=O) groups excluding carboxylic acids is 1. The fraction of sp³-hybridized carbons (Fsp3) is 0.368. The van der Waals surface area contributed by atoms with Gasteiger partial charge in [-0.25, -0.2) is 4.79 Å². The Labute approximate surface area is 148 Å². The van der Waals surface area contributed by atoms with Gasteiger partial charge in [-0.1, -0.05) is 12.1 Å². The molecular formula is C19H24N4O2. The molecule has 0 radical (unpaired) electrons. The standard InChI is InChI=1S/C19H24N4O2/c1-15(23-10-12-25-13-11-23)17-2-4-18(5-3-17)22-19(24)21-14-16-6-8-20-9-7-16/h2-9,15H,10-14H2,1H3,(H2,21,22,24)/t15-/m0/s1. The Balaban J connectivity index is 1.50. The molecule has 1 aliphatic rings. The van der Waals surface area contributed by atoms with E-state index in [-0.39, 0.29) is 6.03 Å². The topological polar surface area (TPSA) is 66.5 Å². The van der Waals surface area contributed by atoms with E-state index in [9.17, 15) is 4.79 Å². The number of amides is 2. The number of rotatable bonds is 5. The van der Waals surface area contributed by atoms with E-state index in [1.807, 2.05) is 24.3 Å². The van der Waals surface area contributed by atoms with Crippen molar-refractivity contribution in [1.82, 2.24) is 15.2 Å². The summed E-state index contributed by atoms with van der Waals surface area (Å²) >= 11 is 0. The Hall–Kier alpha value is -2.44. The van der Waals surface area contributed by atoms with E-state index in [4.69, 9.17) is 4.74 Å². The lowest BCUT2D eigenvalue weighted by atomic mass is 10.1. The molecule has 0 spiro atoms. The van der Waals surface area contributed by atoms with Gasteiger partial charge in [-0.15, -0.1) is 0 Å². The average Bonchev–Trinajstić information content (AvgIpc) is 2.68. The second kappa shape index (κ2) is 8.60. The summed E-state index contributed by atoms with van der Waals surface area (Å²) < 4.78 is 5.40. The van der Waals surface area contributed by atoms with Crippen LogP contribution in [0, 0.1) is 0 Å². The van der Waals surface area contributed by atoms with Crippen LogP contribution in [-0.2, 0) is 11.3 Å². The molecule has 6 nitrogen and oxygen atoms in total. The molecule has 0 unspecified atom stereocenters. The molecule has 3 rings (SSSR count). The van der Waals surface area contributed by atoms with Crippen molar-refractivity contribution in [3.63, 3.8) is 0 Å². The number of anilines is 1. The monoisotopic (exact) mass is 340 g/mol. The number of hydrogen-bond acceptors (Lipinski definition) is 4. The van der Waals surface area contributed by atoms with E-state index in [2.05, 4.69) is 39.6 Å². The van der Waals surface area contributed by atoms with Crippen molar-refractivity contribution in [3.05, 3.63) is 59.9 Å². The number of morpholine rings is 1. The summed E-state index contributed by atoms with van der Waals surface area (Å²) in [6, 6.07) is 11.9. The Morgan fingerprint density at radius 1 is 1.16 bits per heavy atom. The first-order chi connectivity index (χ1) is 12.2. The molecule has 0 saturated carbocycles. The molecule has 1 fully saturated rings. The Morgan fingerprint density at radius 2 is 1.84 bits per heavy atom. The van der Waals surface area contributed by atoms with Crippen molar-refractivity contribution in [3.8, 4) is 0 Å². The summed E-state index contributed by atoms with van der Waals surface area (Å²) in [5.41, 5.74) is 3.04. The van der Waals surface area contributed by atoms with Crippen LogP contribution < -0.4 is 10.6 Å². The van der Waals surface area contributed by atoms with Gasteiger partial charge in [0.15, 0.2) is 0 Å². The van der Waals surface area contributed by atoms with Crippen molar-refractivity contribution >= 4 is 11.7 Å². The van der Waals surface area contributed by atoms with Gasteiger partial charge in [0.25, 0.3) is 0 Å². The van der Waals surface area contributed by atoms with Crippen molar-refractivity contribution in [1.29, 1.82) is 0 Å². The van der Waals surface area contributed by atoms with Crippen molar-refractivity contribution < 1.29 is 9.53 Å². The first-order valence-corrected chi connectivity index (χ1v) is 8.58. The summed E-state index contributed by atoms with van der Waals surface area (Å²) in [4.78, 5) is 18.4.